The maximum absolute atomic E-state index is 9.43. The molecule has 4 heteroatoms. The lowest BCUT2D eigenvalue weighted by atomic mass is 10.0. The molecule has 0 unspecified atom stereocenters. The van der Waals surface area contributed by atoms with Crippen molar-refractivity contribution in [1.82, 2.24) is 0 Å². The molecule has 0 N–H and O–H groups in total. The highest BCUT2D eigenvalue weighted by Gasteiger charge is 2.41. The molecule has 106 valence electrons. The van der Waals surface area contributed by atoms with Gasteiger partial charge in [-0.25, -0.2) is 0 Å². The summed E-state index contributed by atoms with van der Waals surface area (Å²) in [6, 6.07) is 15.3. The van der Waals surface area contributed by atoms with Crippen LogP contribution in [0.15, 0.2) is 41.4 Å². The van der Waals surface area contributed by atoms with Crippen molar-refractivity contribution in [3.05, 3.63) is 58.8 Å². The molecule has 2 aromatic rings. The summed E-state index contributed by atoms with van der Waals surface area (Å²) >= 11 is 5.65. The normalized spacial score (nSPS) is 18.1. The minimum Gasteiger partial charge on any atom is -0.192 e. The van der Waals surface area contributed by atoms with Crippen LogP contribution >= 0.6 is 27.7 Å². The summed E-state index contributed by atoms with van der Waals surface area (Å²) < 4.78 is 2.32. The summed E-state index contributed by atoms with van der Waals surface area (Å²) in [5.41, 5.74) is 4.39. The van der Waals surface area contributed by atoms with Crippen molar-refractivity contribution in [2.24, 2.45) is 0 Å². The Balaban J connectivity index is 2.07. The van der Waals surface area contributed by atoms with Gasteiger partial charge >= 0.3 is 0 Å². The van der Waals surface area contributed by atoms with Gasteiger partial charge in [0.25, 0.3) is 5.03 Å². The van der Waals surface area contributed by atoms with Gasteiger partial charge in [0.15, 0.2) is 11.7 Å². The standard InChI is InChI=1S/C17H16BrN2S/c1-11-8-12(2)20-15(10-21-17(20)14(11)9-19)16(18)13-6-4-3-5-7-13/h3-8,15-16H,10H2,1-2H3/q+1/t15-,16-/m1/s1. The Labute approximate surface area is 137 Å². The first-order valence-corrected chi connectivity index (χ1v) is 8.81. The number of rotatable bonds is 2. The Morgan fingerprint density at radius 1 is 1.33 bits per heavy atom. The number of thioether (sulfide) groups is 1. The quantitative estimate of drug-likeness (QED) is 0.592. The highest BCUT2D eigenvalue weighted by atomic mass is 79.9. The van der Waals surface area contributed by atoms with Crippen molar-refractivity contribution >= 4 is 27.7 Å². The number of hydrogen-bond donors (Lipinski definition) is 0. The third-order valence-corrected chi connectivity index (χ3v) is 6.24. The molecule has 2 heterocycles. The Kier molecular flexibility index (Phi) is 4.05. The van der Waals surface area contributed by atoms with Crippen LogP contribution in [-0.2, 0) is 0 Å². The number of benzene rings is 1. The van der Waals surface area contributed by atoms with Gasteiger partial charge in [-0.3, -0.25) is 0 Å². The van der Waals surface area contributed by atoms with E-state index >= 15 is 0 Å². The number of aryl methyl sites for hydroxylation is 2. The smallest absolute Gasteiger partial charge is 0.192 e. The van der Waals surface area contributed by atoms with E-state index in [9.17, 15) is 5.26 Å². The molecule has 0 fully saturated rings. The second kappa shape index (κ2) is 5.82. The second-order valence-electron chi connectivity index (χ2n) is 5.32. The summed E-state index contributed by atoms with van der Waals surface area (Å²) in [7, 11) is 0. The Morgan fingerprint density at radius 2 is 2.05 bits per heavy atom. The van der Waals surface area contributed by atoms with Gasteiger partial charge in [0, 0.05) is 13.0 Å². The zero-order valence-corrected chi connectivity index (χ0v) is 14.4. The van der Waals surface area contributed by atoms with Gasteiger partial charge in [0.2, 0.25) is 0 Å². The lowest BCUT2D eigenvalue weighted by molar-refractivity contribution is -0.752. The van der Waals surface area contributed by atoms with Crippen molar-refractivity contribution in [1.29, 1.82) is 5.26 Å². The Bertz CT molecular complexity index is 722. The van der Waals surface area contributed by atoms with Crippen LogP contribution in [0, 0.1) is 25.2 Å². The van der Waals surface area contributed by atoms with Crippen molar-refractivity contribution in [2.75, 3.05) is 5.75 Å². The number of nitriles is 1. The lowest BCUT2D eigenvalue weighted by Gasteiger charge is -2.15. The SMILES string of the molecule is Cc1cc(C)[n+]2c(c1C#N)SC[C@@H]2[C@H](Br)c1ccccc1. The van der Waals surface area contributed by atoms with Crippen molar-refractivity contribution in [3.63, 3.8) is 0 Å². The molecule has 0 saturated carbocycles. The van der Waals surface area contributed by atoms with E-state index in [2.05, 4.69) is 63.8 Å². The Hall–Kier alpha value is -1.31. The Morgan fingerprint density at radius 3 is 2.71 bits per heavy atom. The van der Waals surface area contributed by atoms with Gasteiger partial charge in [-0.1, -0.05) is 46.3 Å². The molecular formula is C17H16BrN2S+. The fourth-order valence-electron chi connectivity index (χ4n) is 2.91. The zero-order chi connectivity index (χ0) is 15.0. The van der Waals surface area contributed by atoms with Gasteiger partial charge in [-0.05, 0) is 29.8 Å². The highest BCUT2D eigenvalue weighted by molar-refractivity contribution is 9.09. The van der Waals surface area contributed by atoms with E-state index < -0.39 is 0 Å². The molecule has 1 aliphatic heterocycles. The van der Waals surface area contributed by atoms with Crippen molar-refractivity contribution in [2.45, 2.75) is 29.7 Å². The molecule has 1 aliphatic rings. The monoisotopic (exact) mass is 359 g/mol. The highest BCUT2D eigenvalue weighted by Crippen LogP contribution is 2.41. The van der Waals surface area contributed by atoms with E-state index in [0.717, 1.165) is 21.9 Å². The topological polar surface area (TPSA) is 27.7 Å². The van der Waals surface area contributed by atoms with E-state index in [-0.39, 0.29) is 4.83 Å². The average Bonchev–Trinajstić information content (AvgIpc) is 2.93. The van der Waals surface area contributed by atoms with Crippen LogP contribution in [0.1, 0.15) is 33.3 Å². The minimum absolute atomic E-state index is 0.255. The molecular weight excluding hydrogens is 344 g/mol. The van der Waals surface area contributed by atoms with Crippen LogP contribution in [0.4, 0.5) is 0 Å². The molecule has 1 aromatic carbocycles. The van der Waals surface area contributed by atoms with Crippen molar-refractivity contribution < 1.29 is 4.57 Å². The van der Waals surface area contributed by atoms with Crippen LogP contribution in [0.3, 0.4) is 0 Å². The number of pyridine rings is 1. The predicted octanol–water partition coefficient (Wildman–Crippen LogP) is 4.25. The van der Waals surface area contributed by atoms with Gasteiger partial charge in [-0.15, -0.1) is 0 Å². The molecule has 3 rings (SSSR count). The fourth-order valence-corrected chi connectivity index (χ4v) is 5.32. The summed E-state index contributed by atoms with van der Waals surface area (Å²) in [4.78, 5) is 0.255. The molecule has 0 spiro atoms. The molecule has 2 atom stereocenters. The largest absolute Gasteiger partial charge is 0.259 e. The molecule has 0 saturated heterocycles. The first-order chi connectivity index (χ1) is 10.1. The maximum atomic E-state index is 9.43. The van der Waals surface area contributed by atoms with Gasteiger partial charge in [-0.2, -0.15) is 9.83 Å². The molecule has 0 aliphatic carbocycles. The summed E-state index contributed by atoms with van der Waals surface area (Å²) in [6.07, 6.45) is 0. The number of nitrogens with zero attached hydrogens (tertiary/aromatic N) is 2. The zero-order valence-electron chi connectivity index (χ0n) is 12.0. The molecule has 2 nitrogen and oxygen atoms in total. The number of halogens is 1. The summed E-state index contributed by atoms with van der Waals surface area (Å²) in [6.45, 7) is 4.14. The molecule has 0 amide bonds. The van der Waals surface area contributed by atoms with Crippen LogP contribution in [0.5, 0.6) is 0 Å². The number of hydrogen-bond acceptors (Lipinski definition) is 2. The summed E-state index contributed by atoms with van der Waals surface area (Å²) in [5.74, 6) is 0.990. The molecule has 0 bridgehead atoms. The van der Waals surface area contributed by atoms with E-state index in [1.165, 1.54) is 11.3 Å². The number of aromatic nitrogens is 1. The molecule has 1 aromatic heterocycles. The second-order valence-corrected chi connectivity index (χ2v) is 7.32. The van der Waals surface area contributed by atoms with E-state index in [0.29, 0.717) is 6.04 Å². The third kappa shape index (κ3) is 2.49. The molecule has 21 heavy (non-hydrogen) atoms. The predicted molar refractivity (Wildman–Crippen MR) is 88.7 cm³/mol. The van der Waals surface area contributed by atoms with Crippen LogP contribution < -0.4 is 4.57 Å². The maximum Gasteiger partial charge on any atom is 0.259 e. The van der Waals surface area contributed by atoms with Crippen LogP contribution in [-0.4, -0.2) is 5.75 Å². The number of fused-ring (bicyclic) bond motifs is 1. The van der Waals surface area contributed by atoms with Gasteiger partial charge in [0.1, 0.15) is 16.5 Å². The van der Waals surface area contributed by atoms with Gasteiger partial charge in [0.05, 0.1) is 5.75 Å². The van der Waals surface area contributed by atoms with E-state index in [1.807, 2.05) is 13.0 Å². The van der Waals surface area contributed by atoms with Crippen LogP contribution in [0.2, 0.25) is 0 Å². The summed E-state index contributed by atoms with van der Waals surface area (Å²) in [5, 5.41) is 10.5. The van der Waals surface area contributed by atoms with Gasteiger partial charge < -0.3 is 0 Å². The molecule has 0 radical (unpaired) electrons. The van der Waals surface area contributed by atoms with E-state index in [4.69, 9.17) is 0 Å². The third-order valence-electron chi connectivity index (χ3n) is 3.92. The van der Waals surface area contributed by atoms with E-state index in [1.54, 1.807) is 11.8 Å². The van der Waals surface area contributed by atoms with Crippen LogP contribution in [0.25, 0.3) is 0 Å². The van der Waals surface area contributed by atoms with Crippen molar-refractivity contribution in [3.8, 4) is 6.07 Å². The minimum atomic E-state index is 0.255. The fraction of sp³-hybridized carbons (Fsp3) is 0.294. The first-order valence-electron chi connectivity index (χ1n) is 6.91. The lowest BCUT2D eigenvalue weighted by Crippen LogP contribution is -2.44. The number of alkyl halides is 1. The average molecular weight is 360 g/mol. The first kappa shape index (κ1) is 14.6.